The average molecular weight is 336 g/mol. The minimum atomic E-state index is -0.647. The summed E-state index contributed by atoms with van der Waals surface area (Å²) in [6.07, 6.45) is 0.997. The highest BCUT2D eigenvalue weighted by atomic mass is 16.5. The van der Waals surface area contributed by atoms with Crippen LogP contribution in [0, 0.1) is 5.41 Å². The molecule has 0 radical (unpaired) electrons. The van der Waals surface area contributed by atoms with Crippen LogP contribution in [0.1, 0.15) is 53.0 Å². The minimum absolute atomic E-state index is 0. The van der Waals surface area contributed by atoms with Gasteiger partial charge in [0.15, 0.2) is 0 Å². The van der Waals surface area contributed by atoms with Crippen LogP contribution in [0.15, 0.2) is 42.5 Å². The van der Waals surface area contributed by atoms with Gasteiger partial charge >= 0.3 is 11.9 Å². The van der Waals surface area contributed by atoms with Crippen LogP contribution in [-0.2, 0) is 19.1 Å². The molecule has 1 aromatic carbocycles. The molecule has 136 valence electrons. The lowest BCUT2D eigenvalue weighted by atomic mass is 9.77. The van der Waals surface area contributed by atoms with Gasteiger partial charge in [-0.1, -0.05) is 51.8 Å². The van der Waals surface area contributed by atoms with Crippen LogP contribution in [0.2, 0.25) is 0 Å². The van der Waals surface area contributed by atoms with E-state index in [4.69, 9.17) is 9.47 Å². The van der Waals surface area contributed by atoms with E-state index in [1.807, 2.05) is 44.2 Å². The van der Waals surface area contributed by atoms with Crippen molar-refractivity contribution < 1.29 is 19.1 Å². The molecule has 0 aromatic heterocycles. The highest BCUT2D eigenvalue weighted by molar-refractivity contribution is 5.87. The van der Waals surface area contributed by atoms with Gasteiger partial charge in [-0.05, 0) is 38.2 Å². The van der Waals surface area contributed by atoms with E-state index in [1.54, 1.807) is 0 Å². The molecule has 4 heteroatoms. The Morgan fingerprint density at radius 1 is 1.08 bits per heavy atom. The molecule has 0 aliphatic rings. The van der Waals surface area contributed by atoms with Crippen LogP contribution in [0.25, 0.3) is 0 Å². The largest absolute Gasteiger partial charge is 0.469 e. The van der Waals surface area contributed by atoms with Crippen molar-refractivity contribution in [2.24, 2.45) is 5.41 Å². The number of esters is 2. The summed E-state index contributed by atoms with van der Waals surface area (Å²) in [5.41, 5.74) is 0.813. The summed E-state index contributed by atoms with van der Waals surface area (Å²) in [4.78, 5) is 23.6. The topological polar surface area (TPSA) is 52.6 Å². The van der Waals surface area contributed by atoms with E-state index in [0.717, 1.165) is 5.56 Å². The number of methoxy groups -OCH3 is 2. The molecule has 0 amide bonds. The van der Waals surface area contributed by atoms with Crippen molar-refractivity contribution in [3.05, 3.63) is 48.0 Å². The molecule has 0 heterocycles. The van der Waals surface area contributed by atoms with Gasteiger partial charge in [-0.15, -0.1) is 0 Å². The normalized spacial score (nSPS) is 11.3. The van der Waals surface area contributed by atoms with Crippen molar-refractivity contribution in [1.29, 1.82) is 0 Å². The Balaban J connectivity index is 0. The van der Waals surface area contributed by atoms with E-state index in [1.165, 1.54) is 14.2 Å². The summed E-state index contributed by atoms with van der Waals surface area (Å²) in [7, 11) is 2.72. The lowest BCUT2D eigenvalue weighted by Crippen LogP contribution is -2.28. The monoisotopic (exact) mass is 336 g/mol. The van der Waals surface area contributed by atoms with Gasteiger partial charge in [-0.3, -0.25) is 4.79 Å². The maximum absolute atomic E-state index is 11.9. The Morgan fingerprint density at radius 3 is 2.08 bits per heavy atom. The van der Waals surface area contributed by atoms with Crippen LogP contribution in [-0.4, -0.2) is 26.2 Å². The molecule has 0 aliphatic heterocycles. The summed E-state index contributed by atoms with van der Waals surface area (Å²) < 4.78 is 9.59. The van der Waals surface area contributed by atoms with Crippen molar-refractivity contribution in [3.63, 3.8) is 0 Å². The summed E-state index contributed by atoms with van der Waals surface area (Å²) in [6.45, 7) is 7.48. The Bertz CT molecular complexity index is 532. The standard InChI is InChI=1S/C18H24O4.2CH4/c1-13(16(19)21-4)11-15(14-9-7-6-8-10-14)12-18(2,3)17(20)22-5;;/h6-10,15H,1,11-12H2,2-5H3;2*1H4. The molecule has 4 nitrogen and oxygen atoms in total. The third-order valence-electron chi connectivity index (χ3n) is 3.73. The molecular formula is C20H32O4. The van der Waals surface area contributed by atoms with Crippen molar-refractivity contribution in [2.45, 2.75) is 47.5 Å². The molecule has 0 aliphatic carbocycles. The molecular weight excluding hydrogens is 304 g/mol. The van der Waals surface area contributed by atoms with E-state index >= 15 is 0 Å². The van der Waals surface area contributed by atoms with Crippen molar-refractivity contribution >= 4 is 11.9 Å². The molecule has 0 saturated heterocycles. The lowest BCUT2D eigenvalue weighted by Gasteiger charge is -2.28. The summed E-state index contributed by atoms with van der Waals surface area (Å²) >= 11 is 0. The van der Waals surface area contributed by atoms with Gasteiger partial charge in [0.25, 0.3) is 0 Å². The molecule has 0 fully saturated rings. The van der Waals surface area contributed by atoms with Gasteiger partial charge in [0.2, 0.25) is 0 Å². The van der Waals surface area contributed by atoms with Crippen LogP contribution in [0.5, 0.6) is 0 Å². The maximum Gasteiger partial charge on any atom is 0.333 e. The molecule has 0 spiro atoms. The lowest BCUT2D eigenvalue weighted by molar-refractivity contribution is -0.151. The quantitative estimate of drug-likeness (QED) is 0.532. The number of benzene rings is 1. The van der Waals surface area contributed by atoms with Gasteiger partial charge in [0.05, 0.1) is 19.6 Å². The number of hydrogen-bond donors (Lipinski definition) is 0. The second-order valence-electron chi connectivity index (χ2n) is 5.99. The zero-order chi connectivity index (χ0) is 16.8. The molecule has 1 unspecified atom stereocenters. The highest BCUT2D eigenvalue weighted by Gasteiger charge is 2.33. The molecule has 1 aromatic rings. The van der Waals surface area contributed by atoms with E-state index in [9.17, 15) is 9.59 Å². The number of ether oxygens (including phenoxy) is 2. The van der Waals surface area contributed by atoms with Crippen molar-refractivity contribution in [1.82, 2.24) is 0 Å². The molecule has 1 atom stereocenters. The predicted octanol–water partition coefficient (Wildman–Crippen LogP) is 4.75. The Labute approximate surface area is 146 Å². The molecule has 24 heavy (non-hydrogen) atoms. The van der Waals surface area contributed by atoms with E-state index < -0.39 is 11.4 Å². The van der Waals surface area contributed by atoms with Gasteiger partial charge in [0, 0.05) is 5.57 Å². The fourth-order valence-corrected chi connectivity index (χ4v) is 2.53. The van der Waals surface area contributed by atoms with Crippen molar-refractivity contribution in [2.75, 3.05) is 14.2 Å². The maximum atomic E-state index is 11.9. The molecule has 0 N–H and O–H groups in total. The first-order chi connectivity index (χ1) is 10.3. The SMILES string of the molecule is C.C.C=C(CC(CC(C)(C)C(=O)OC)c1ccccc1)C(=O)OC. The first-order valence-corrected chi connectivity index (χ1v) is 7.21. The van der Waals surface area contributed by atoms with Crippen molar-refractivity contribution in [3.8, 4) is 0 Å². The zero-order valence-corrected chi connectivity index (χ0v) is 13.7. The Hall–Kier alpha value is -2.10. The first-order valence-electron chi connectivity index (χ1n) is 7.21. The predicted molar refractivity (Wildman–Crippen MR) is 98.8 cm³/mol. The van der Waals surface area contributed by atoms with Gasteiger partial charge in [-0.25, -0.2) is 4.79 Å². The summed E-state index contributed by atoms with van der Waals surface area (Å²) in [6, 6.07) is 9.79. The fourth-order valence-electron chi connectivity index (χ4n) is 2.53. The second-order valence-corrected chi connectivity index (χ2v) is 5.99. The molecule has 0 bridgehead atoms. The Kier molecular flexibility index (Phi) is 10.7. The van der Waals surface area contributed by atoms with Crippen LogP contribution >= 0.6 is 0 Å². The smallest absolute Gasteiger partial charge is 0.333 e. The number of hydrogen-bond acceptors (Lipinski definition) is 4. The Morgan fingerprint density at radius 2 is 1.62 bits per heavy atom. The number of carbonyl (C=O) groups is 2. The van der Waals surface area contributed by atoms with Crippen LogP contribution in [0.3, 0.4) is 0 Å². The minimum Gasteiger partial charge on any atom is -0.469 e. The highest BCUT2D eigenvalue weighted by Crippen LogP contribution is 2.36. The third kappa shape index (κ3) is 6.57. The van der Waals surface area contributed by atoms with E-state index in [0.29, 0.717) is 18.4 Å². The van der Waals surface area contributed by atoms with Crippen LogP contribution < -0.4 is 0 Å². The fraction of sp³-hybridized carbons (Fsp3) is 0.500. The van der Waals surface area contributed by atoms with Gasteiger partial charge in [0.1, 0.15) is 0 Å². The molecule has 0 saturated carbocycles. The third-order valence-corrected chi connectivity index (χ3v) is 3.73. The molecule has 1 rings (SSSR count). The van der Waals surface area contributed by atoms with E-state index in [-0.39, 0.29) is 26.7 Å². The average Bonchev–Trinajstić information content (AvgIpc) is 2.52. The summed E-state index contributed by atoms with van der Waals surface area (Å²) in [5.74, 6) is -0.698. The number of carbonyl (C=O) groups excluding carboxylic acids is 2. The summed E-state index contributed by atoms with van der Waals surface area (Å²) in [5, 5.41) is 0. The number of rotatable bonds is 7. The van der Waals surface area contributed by atoms with E-state index in [2.05, 4.69) is 6.58 Å². The van der Waals surface area contributed by atoms with Gasteiger partial charge < -0.3 is 9.47 Å². The van der Waals surface area contributed by atoms with Crippen LogP contribution in [0.4, 0.5) is 0 Å². The second kappa shape index (κ2) is 10.6. The zero-order valence-electron chi connectivity index (χ0n) is 13.7. The first kappa shape index (κ1) is 24.2. The van der Waals surface area contributed by atoms with Gasteiger partial charge in [-0.2, -0.15) is 0 Å².